The molecule has 0 unspecified atom stereocenters. The zero-order valence-corrected chi connectivity index (χ0v) is 12.9. The highest BCUT2D eigenvalue weighted by Gasteiger charge is 2.19. The third-order valence-electron chi connectivity index (χ3n) is 3.49. The summed E-state index contributed by atoms with van der Waals surface area (Å²) in [7, 11) is 3.86. The first-order valence-corrected chi connectivity index (χ1v) is 7.17. The van der Waals surface area contributed by atoms with E-state index in [1.807, 2.05) is 6.92 Å². The molecule has 21 heavy (non-hydrogen) atoms. The first-order valence-electron chi connectivity index (χ1n) is 7.17. The number of piperazine rings is 1. The molecule has 0 aliphatic carbocycles. The third-order valence-corrected chi connectivity index (χ3v) is 3.49. The Morgan fingerprint density at radius 3 is 2.48 bits per heavy atom. The van der Waals surface area contributed by atoms with Crippen molar-refractivity contribution in [3.05, 3.63) is 5.82 Å². The molecule has 1 aliphatic rings. The van der Waals surface area contributed by atoms with E-state index >= 15 is 0 Å². The first kappa shape index (κ1) is 15.4. The monoisotopic (exact) mass is 293 g/mol. The Morgan fingerprint density at radius 1 is 1.24 bits per heavy atom. The van der Waals surface area contributed by atoms with E-state index in [1.165, 1.54) is 0 Å². The van der Waals surface area contributed by atoms with Crippen LogP contribution in [0, 0.1) is 0 Å². The number of amides is 1. The predicted octanol–water partition coefficient (Wildman–Crippen LogP) is -0.893. The maximum atomic E-state index is 11.1. The number of carbonyl (C=O) groups excluding carboxylic acids is 1. The average Bonchev–Trinajstić information content (AvgIpc) is 2.46. The number of anilines is 2. The van der Waals surface area contributed by atoms with Gasteiger partial charge in [0.1, 0.15) is 5.82 Å². The van der Waals surface area contributed by atoms with E-state index in [-0.39, 0.29) is 6.54 Å². The molecule has 1 aromatic heterocycles. The summed E-state index contributed by atoms with van der Waals surface area (Å²) in [5.74, 6) is 1.50. The fraction of sp³-hybridized carbons (Fsp3) is 0.692. The SMILES string of the molecule is CCc1nc(N(C)CC(N)=O)nc(N2CCN(C)CC2)n1. The van der Waals surface area contributed by atoms with Crippen molar-refractivity contribution in [2.75, 3.05) is 56.6 Å². The number of aryl methyl sites for hydroxylation is 1. The van der Waals surface area contributed by atoms with Crippen LogP contribution in [-0.2, 0) is 11.2 Å². The molecule has 0 spiro atoms. The van der Waals surface area contributed by atoms with Crippen molar-refractivity contribution in [3.8, 4) is 0 Å². The Bertz CT molecular complexity index is 499. The molecule has 0 aromatic carbocycles. The smallest absolute Gasteiger partial charge is 0.237 e. The van der Waals surface area contributed by atoms with Crippen LogP contribution in [0.5, 0.6) is 0 Å². The summed E-state index contributed by atoms with van der Waals surface area (Å²) < 4.78 is 0. The van der Waals surface area contributed by atoms with Gasteiger partial charge in [0, 0.05) is 39.6 Å². The Morgan fingerprint density at radius 2 is 1.90 bits per heavy atom. The van der Waals surface area contributed by atoms with Gasteiger partial charge >= 0.3 is 0 Å². The van der Waals surface area contributed by atoms with E-state index in [9.17, 15) is 4.79 Å². The lowest BCUT2D eigenvalue weighted by Crippen LogP contribution is -2.45. The van der Waals surface area contributed by atoms with Crippen LogP contribution in [-0.4, -0.2) is 72.6 Å². The van der Waals surface area contributed by atoms with Gasteiger partial charge in [0.15, 0.2) is 0 Å². The molecule has 8 nitrogen and oxygen atoms in total. The summed E-state index contributed by atoms with van der Waals surface area (Å²) in [6.45, 7) is 5.85. The van der Waals surface area contributed by atoms with Gasteiger partial charge in [-0.2, -0.15) is 15.0 Å². The van der Waals surface area contributed by atoms with E-state index in [2.05, 4.69) is 31.8 Å². The van der Waals surface area contributed by atoms with Crippen LogP contribution < -0.4 is 15.5 Å². The van der Waals surface area contributed by atoms with Gasteiger partial charge in [-0.05, 0) is 7.05 Å². The summed E-state index contributed by atoms with van der Waals surface area (Å²) in [5.41, 5.74) is 5.23. The van der Waals surface area contributed by atoms with Crippen molar-refractivity contribution >= 4 is 17.8 Å². The number of nitrogens with zero attached hydrogens (tertiary/aromatic N) is 6. The quantitative estimate of drug-likeness (QED) is 0.752. The Labute approximate surface area is 125 Å². The second-order valence-corrected chi connectivity index (χ2v) is 5.32. The number of hydrogen-bond donors (Lipinski definition) is 1. The topological polar surface area (TPSA) is 91.5 Å². The summed E-state index contributed by atoms with van der Waals surface area (Å²) in [5, 5.41) is 0. The second kappa shape index (κ2) is 6.66. The molecule has 8 heteroatoms. The van der Waals surface area contributed by atoms with Gasteiger partial charge in [-0.3, -0.25) is 4.79 Å². The Kier molecular flexibility index (Phi) is 4.89. The van der Waals surface area contributed by atoms with E-state index in [0.29, 0.717) is 11.9 Å². The molecule has 0 saturated carbocycles. The molecule has 0 bridgehead atoms. The maximum Gasteiger partial charge on any atom is 0.237 e. The molecule has 1 fully saturated rings. The lowest BCUT2D eigenvalue weighted by molar-refractivity contribution is -0.116. The first-order chi connectivity index (χ1) is 9.99. The van der Waals surface area contributed by atoms with Crippen LogP contribution in [0.25, 0.3) is 0 Å². The van der Waals surface area contributed by atoms with E-state index in [1.54, 1.807) is 11.9 Å². The lowest BCUT2D eigenvalue weighted by Gasteiger charge is -2.32. The highest BCUT2D eigenvalue weighted by molar-refractivity contribution is 5.78. The van der Waals surface area contributed by atoms with Crippen molar-refractivity contribution in [1.82, 2.24) is 19.9 Å². The van der Waals surface area contributed by atoms with Gasteiger partial charge in [-0.15, -0.1) is 0 Å². The second-order valence-electron chi connectivity index (χ2n) is 5.32. The van der Waals surface area contributed by atoms with Gasteiger partial charge in [0.25, 0.3) is 0 Å². The van der Waals surface area contributed by atoms with Crippen LogP contribution in [0.2, 0.25) is 0 Å². The van der Waals surface area contributed by atoms with Crippen molar-refractivity contribution in [3.63, 3.8) is 0 Å². The summed E-state index contributed by atoms with van der Waals surface area (Å²) >= 11 is 0. The Hall–Kier alpha value is -1.96. The normalized spacial score (nSPS) is 16.0. The van der Waals surface area contributed by atoms with Crippen LogP contribution in [0.3, 0.4) is 0 Å². The highest BCUT2D eigenvalue weighted by Crippen LogP contribution is 2.15. The molecule has 1 amide bonds. The van der Waals surface area contributed by atoms with Crippen LogP contribution in [0.15, 0.2) is 0 Å². The molecule has 1 saturated heterocycles. The van der Waals surface area contributed by atoms with Crippen LogP contribution >= 0.6 is 0 Å². The summed E-state index contributed by atoms with van der Waals surface area (Å²) in [4.78, 5) is 30.5. The zero-order chi connectivity index (χ0) is 15.4. The average molecular weight is 293 g/mol. The van der Waals surface area contributed by atoms with Gasteiger partial charge in [-0.25, -0.2) is 0 Å². The fourth-order valence-corrected chi connectivity index (χ4v) is 2.18. The van der Waals surface area contributed by atoms with E-state index in [0.717, 1.165) is 38.4 Å². The molecule has 0 atom stereocenters. The molecule has 2 rings (SSSR count). The molecule has 0 radical (unpaired) electrons. The Balaban J connectivity index is 2.22. The fourth-order valence-electron chi connectivity index (χ4n) is 2.18. The maximum absolute atomic E-state index is 11.1. The summed E-state index contributed by atoms with van der Waals surface area (Å²) in [6.07, 6.45) is 0.723. The molecular weight excluding hydrogens is 270 g/mol. The van der Waals surface area contributed by atoms with Gasteiger partial charge in [-0.1, -0.05) is 6.92 Å². The van der Waals surface area contributed by atoms with E-state index in [4.69, 9.17) is 5.73 Å². The highest BCUT2D eigenvalue weighted by atomic mass is 16.1. The molecule has 2 heterocycles. The van der Waals surface area contributed by atoms with Gasteiger partial charge in [0.05, 0.1) is 6.54 Å². The van der Waals surface area contributed by atoms with Gasteiger partial charge in [0.2, 0.25) is 17.8 Å². The number of aromatic nitrogens is 3. The molecule has 1 aromatic rings. The standard InChI is InChI=1S/C13H23N7O/c1-4-11-15-12(19(3)9-10(14)21)17-13(16-11)20-7-5-18(2)6-8-20/h4-9H2,1-3H3,(H2,14,21). The minimum atomic E-state index is -0.405. The molecular formula is C13H23N7O. The van der Waals surface area contributed by atoms with Crippen molar-refractivity contribution in [2.24, 2.45) is 5.73 Å². The minimum Gasteiger partial charge on any atom is -0.368 e. The molecule has 1 aliphatic heterocycles. The minimum absolute atomic E-state index is 0.0926. The van der Waals surface area contributed by atoms with Crippen molar-refractivity contribution in [1.29, 1.82) is 0 Å². The number of likely N-dealkylation sites (N-methyl/N-ethyl adjacent to an activating group) is 2. The molecule has 2 N–H and O–H groups in total. The predicted molar refractivity (Wildman–Crippen MR) is 81.4 cm³/mol. The number of rotatable bonds is 5. The number of carbonyl (C=O) groups is 1. The van der Waals surface area contributed by atoms with Crippen LogP contribution in [0.4, 0.5) is 11.9 Å². The summed E-state index contributed by atoms with van der Waals surface area (Å²) in [6, 6.07) is 0. The number of primary amides is 1. The number of nitrogens with two attached hydrogens (primary N) is 1. The van der Waals surface area contributed by atoms with Crippen LogP contribution in [0.1, 0.15) is 12.7 Å². The number of hydrogen-bond acceptors (Lipinski definition) is 7. The third kappa shape index (κ3) is 4.01. The largest absolute Gasteiger partial charge is 0.368 e. The lowest BCUT2D eigenvalue weighted by atomic mass is 10.3. The molecule has 116 valence electrons. The van der Waals surface area contributed by atoms with Crippen molar-refractivity contribution < 1.29 is 4.79 Å². The zero-order valence-electron chi connectivity index (χ0n) is 12.9. The van der Waals surface area contributed by atoms with Gasteiger partial charge < -0.3 is 20.4 Å². The van der Waals surface area contributed by atoms with E-state index < -0.39 is 5.91 Å². The van der Waals surface area contributed by atoms with Crippen molar-refractivity contribution in [2.45, 2.75) is 13.3 Å².